The molecule has 1 rings (SSSR count). The summed E-state index contributed by atoms with van der Waals surface area (Å²) in [6, 6.07) is 0. The lowest BCUT2D eigenvalue weighted by atomic mass is 10.1. The van der Waals surface area contributed by atoms with E-state index in [0.29, 0.717) is 19.7 Å². The molecule has 0 unspecified atom stereocenters. The van der Waals surface area contributed by atoms with Crippen molar-refractivity contribution >= 4 is 12.0 Å². The van der Waals surface area contributed by atoms with Crippen molar-refractivity contribution in [1.29, 1.82) is 0 Å². The van der Waals surface area contributed by atoms with E-state index in [0.717, 1.165) is 19.3 Å². The molecule has 2 amide bonds. The molecule has 6 nitrogen and oxygen atoms in total. The van der Waals surface area contributed by atoms with Crippen molar-refractivity contribution in [2.24, 2.45) is 0 Å². The molecule has 6 heteroatoms. The van der Waals surface area contributed by atoms with Gasteiger partial charge in [-0.15, -0.1) is 10.0 Å². The number of carbonyl (C=O) groups excluding carboxylic acids is 2. The zero-order valence-electron chi connectivity index (χ0n) is 10.6. The molecule has 0 radical (unpaired) electrons. The maximum absolute atomic E-state index is 12.0. The number of hydrogen-bond donors (Lipinski definition) is 2. The molecule has 0 aromatic heterocycles. The molecule has 0 bridgehead atoms. The molecule has 1 aliphatic rings. The molecular weight excluding hydrogens is 222 g/mol. The Balaban J connectivity index is 2.64. The molecule has 17 heavy (non-hydrogen) atoms. The van der Waals surface area contributed by atoms with Crippen molar-refractivity contribution in [2.45, 2.75) is 26.2 Å². The fourth-order valence-electron chi connectivity index (χ4n) is 2.02. The molecule has 1 heterocycles. The Kier molecular flexibility index (Phi) is 5.37. The molecule has 98 valence electrons. The van der Waals surface area contributed by atoms with E-state index in [4.69, 9.17) is 4.74 Å². The smallest absolute Gasteiger partial charge is 0.419 e. The summed E-state index contributed by atoms with van der Waals surface area (Å²) in [6.45, 7) is 3.67. The van der Waals surface area contributed by atoms with Crippen LogP contribution in [0.3, 0.4) is 0 Å². The second kappa shape index (κ2) is 6.56. The molecule has 0 spiro atoms. The first-order valence-electron chi connectivity index (χ1n) is 6.14. The van der Waals surface area contributed by atoms with Crippen LogP contribution in [0.2, 0.25) is 0 Å². The number of nitrogens with one attached hydrogen (secondary N) is 2. The van der Waals surface area contributed by atoms with E-state index in [1.807, 2.05) is 0 Å². The van der Waals surface area contributed by atoms with Crippen molar-refractivity contribution in [2.75, 3.05) is 33.3 Å². The first-order valence-corrected chi connectivity index (χ1v) is 6.14. The maximum Gasteiger partial charge on any atom is 0.535 e. The third kappa shape index (κ3) is 3.67. The van der Waals surface area contributed by atoms with E-state index >= 15 is 0 Å². The highest BCUT2D eigenvalue weighted by Crippen LogP contribution is 2.17. The van der Waals surface area contributed by atoms with Gasteiger partial charge in [0, 0.05) is 7.05 Å². The Morgan fingerprint density at radius 2 is 1.88 bits per heavy atom. The van der Waals surface area contributed by atoms with Gasteiger partial charge in [-0.3, -0.25) is 4.79 Å². The summed E-state index contributed by atoms with van der Waals surface area (Å²) in [5.41, 5.74) is 3.02. The average molecular weight is 244 g/mol. The SMILES string of the molecule is CCOC(=O)[N+]1(NCC(=O)NC)CCCCC1. The van der Waals surface area contributed by atoms with Crippen LogP contribution in [0.1, 0.15) is 26.2 Å². The minimum atomic E-state index is -0.281. The Labute approximate surface area is 102 Å². The van der Waals surface area contributed by atoms with Gasteiger partial charge in [0.05, 0.1) is 6.61 Å². The molecule has 0 atom stereocenters. The maximum atomic E-state index is 12.0. The highest BCUT2D eigenvalue weighted by Gasteiger charge is 2.40. The number of ether oxygens (including phenoxy) is 1. The number of amides is 2. The van der Waals surface area contributed by atoms with Gasteiger partial charge in [-0.05, 0) is 26.2 Å². The second-order valence-corrected chi connectivity index (χ2v) is 4.18. The fraction of sp³-hybridized carbons (Fsp3) is 0.818. The number of rotatable bonds is 4. The number of quaternary nitrogens is 1. The van der Waals surface area contributed by atoms with Gasteiger partial charge in [-0.25, -0.2) is 0 Å². The Hall–Kier alpha value is -1.14. The predicted octanol–water partition coefficient (Wildman–Crippen LogP) is 0.394. The van der Waals surface area contributed by atoms with Crippen LogP contribution < -0.4 is 10.7 Å². The number of likely N-dealkylation sites (N-methyl/N-ethyl adjacent to an activating group) is 1. The summed E-state index contributed by atoms with van der Waals surface area (Å²) in [6.07, 6.45) is 2.79. The number of piperidine rings is 1. The normalized spacial score (nSPS) is 18.5. The lowest BCUT2D eigenvalue weighted by Gasteiger charge is -2.36. The summed E-state index contributed by atoms with van der Waals surface area (Å²) in [5.74, 6) is -0.127. The minimum Gasteiger partial charge on any atom is -0.419 e. The summed E-state index contributed by atoms with van der Waals surface area (Å²) in [5, 5.41) is 2.53. The Morgan fingerprint density at radius 1 is 1.24 bits per heavy atom. The summed E-state index contributed by atoms with van der Waals surface area (Å²) >= 11 is 0. The Morgan fingerprint density at radius 3 is 2.41 bits per heavy atom. The highest BCUT2D eigenvalue weighted by molar-refractivity contribution is 5.77. The van der Waals surface area contributed by atoms with Crippen LogP contribution in [-0.2, 0) is 9.53 Å². The van der Waals surface area contributed by atoms with Gasteiger partial charge >= 0.3 is 6.09 Å². The van der Waals surface area contributed by atoms with E-state index in [9.17, 15) is 9.59 Å². The number of likely N-dealkylation sites (tertiary alicyclic amines) is 1. The minimum absolute atomic E-state index is 0.0707. The van der Waals surface area contributed by atoms with E-state index < -0.39 is 0 Å². The lowest BCUT2D eigenvalue weighted by Crippen LogP contribution is -2.65. The monoisotopic (exact) mass is 244 g/mol. The second-order valence-electron chi connectivity index (χ2n) is 4.18. The van der Waals surface area contributed by atoms with Crippen LogP contribution in [0.15, 0.2) is 0 Å². The molecular formula is C11H22N3O3+. The van der Waals surface area contributed by atoms with Crippen LogP contribution in [0.5, 0.6) is 0 Å². The summed E-state index contributed by atoms with van der Waals surface area (Å²) in [4.78, 5) is 23.2. The molecule has 1 aliphatic heterocycles. The van der Waals surface area contributed by atoms with E-state index in [2.05, 4.69) is 10.7 Å². The molecule has 2 N–H and O–H groups in total. The van der Waals surface area contributed by atoms with Gasteiger partial charge in [-0.2, -0.15) is 4.79 Å². The molecule has 0 aliphatic carbocycles. The Bertz CT molecular complexity index is 275. The van der Waals surface area contributed by atoms with Gasteiger partial charge < -0.3 is 10.1 Å². The number of hydrogen-bond acceptors (Lipinski definition) is 4. The zero-order chi connectivity index (χ0) is 12.7. The summed E-state index contributed by atoms with van der Waals surface area (Å²) < 4.78 is 5.16. The van der Waals surface area contributed by atoms with Gasteiger partial charge in [0.25, 0.3) is 0 Å². The van der Waals surface area contributed by atoms with Crippen LogP contribution >= 0.6 is 0 Å². The highest BCUT2D eigenvalue weighted by atomic mass is 16.6. The third-order valence-electron chi connectivity index (χ3n) is 3.02. The van der Waals surface area contributed by atoms with E-state index in [-0.39, 0.29) is 23.1 Å². The zero-order valence-corrected chi connectivity index (χ0v) is 10.6. The van der Waals surface area contributed by atoms with Crippen molar-refractivity contribution in [3.8, 4) is 0 Å². The van der Waals surface area contributed by atoms with Crippen molar-refractivity contribution in [3.63, 3.8) is 0 Å². The molecule has 0 aromatic rings. The van der Waals surface area contributed by atoms with Crippen molar-refractivity contribution in [1.82, 2.24) is 10.7 Å². The third-order valence-corrected chi connectivity index (χ3v) is 3.02. The van der Waals surface area contributed by atoms with Gasteiger partial charge in [0.15, 0.2) is 0 Å². The van der Waals surface area contributed by atoms with Crippen molar-refractivity contribution in [3.05, 3.63) is 0 Å². The van der Waals surface area contributed by atoms with Gasteiger partial charge in [0.1, 0.15) is 19.6 Å². The molecule has 1 saturated heterocycles. The van der Waals surface area contributed by atoms with Crippen LogP contribution in [0.4, 0.5) is 4.79 Å². The molecule has 0 saturated carbocycles. The first kappa shape index (κ1) is 13.9. The molecule has 0 aromatic carbocycles. The fourth-order valence-corrected chi connectivity index (χ4v) is 2.02. The summed E-state index contributed by atoms with van der Waals surface area (Å²) in [7, 11) is 1.58. The van der Waals surface area contributed by atoms with Gasteiger partial charge in [0.2, 0.25) is 5.91 Å². The van der Waals surface area contributed by atoms with E-state index in [1.165, 1.54) is 0 Å². The number of carbonyl (C=O) groups is 2. The topological polar surface area (TPSA) is 67.4 Å². The van der Waals surface area contributed by atoms with E-state index in [1.54, 1.807) is 14.0 Å². The first-order chi connectivity index (χ1) is 8.14. The predicted molar refractivity (Wildman–Crippen MR) is 62.9 cm³/mol. The molecule has 1 fully saturated rings. The van der Waals surface area contributed by atoms with Crippen LogP contribution in [0, 0.1) is 0 Å². The standard InChI is InChI=1S/C11H21N3O3/c1-3-17-11(16)14(7-5-4-6-8-14)13-9-10(15)12-2/h13H,3-9H2,1-2H3/p+1. The quantitative estimate of drug-likeness (QED) is 0.702. The number of nitrogens with zero attached hydrogens (tertiary/aromatic N) is 1. The van der Waals surface area contributed by atoms with Crippen LogP contribution in [0.25, 0.3) is 0 Å². The van der Waals surface area contributed by atoms with Crippen molar-refractivity contribution < 1.29 is 18.9 Å². The average Bonchev–Trinajstić information content (AvgIpc) is 2.37. The van der Waals surface area contributed by atoms with Gasteiger partial charge in [-0.1, -0.05) is 0 Å². The largest absolute Gasteiger partial charge is 0.535 e. The van der Waals surface area contributed by atoms with Crippen LogP contribution in [-0.4, -0.2) is 49.9 Å². The lowest BCUT2D eigenvalue weighted by molar-refractivity contribution is -0.905.